The Kier molecular flexibility index (Phi) is 4.59. The average Bonchev–Trinajstić information content (AvgIpc) is 2.63. The Morgan fingerprint density at radius 1 is 1.20 bits per heavy atom. The molecule has 0 aliphatic carbocycles. The summed E-state index contributed by atoms with van der Waals surface area (Å²) in [5.74, 6) is -0.971. The summed E-state index contributed by atoms with van der Waals surface area (Å²) >= 11 is 5.67. The van der Waals surface area contributed by atoms with Crippen LogP contribution in [0.15, 0.2) is 53.5 Å². The van der Waals surface area contributed by atoms with Crippen LogP contribution >= 0.6 is 11.6 Å². The minimum Gasteiger partial charge on any atom is -0.335 e. The molecule has 0 spiro atoms. The third-order valence-electron chi connectivity index (χ3n) is 4.36. The molecule has 0 fully saturated rings. The number of rotatable bonds is 3. The zero-order valence-electron chi connectivity index (χ0n) is 13.7. The van der Waals surface area contributed by atoms with Crippen molar-refractivity contribution in [2.24, 2.45) is 0 Å². The average molecular weight is 359 g/mol. The van der Waals surface area contributed by atoms with Crippen molar-refractivity contribution < 1.29 is 9.18 Å². The van der Waals surface area contributed by atoms with Gasteiger partial charge in [-0.25, -0.2) is 4.39 Å². The third-order valence-corrected chi connectivity index (χ3v) is 4.67. The Morgan fingerprint density at radius 3 is 2.56 bits per heavy atom. The molecule has 25 heavy (non-hydrogen) atoms. The first-order valence-corrected chi connectivity index (χ1v) is 8.10. The Labute approximate surface area is 148 Å². The van der Waals surface area contributed by atoms with Crippen LogP contribution in [0, 0.1) is 5.82 Å². The lowest BCUT2D eigenvalue weighted by atomic mass is 10.0. The number of halogens is 2. The van der Waals surface area contributed by atoms with E-state index >= 15 is 0 Å². The first kappa shape index (κ1) is 17.2. The number of benzene rings is 2. The van der Waals surface area contributed by atoms with Crippen LogP contribution in [0.1, 0.15) is 28.9 Å². The Hall–Kier alpha value is -2.66. The van der Waals surface area contributed by atoms with Gasteiger partial charge in [0.15, 0.2) is 0 Å². The van der Waals surface area contributed by atoms with E-state index in [4.69, 9.17) is 11.6 Å². The van der Waals surface area contributed by atoms with Crippen LogP contribution < -0.4 is 5.56 Å². The number of pyridine rings is 1. The summed E-state index contributed by atoms with van der Waals surface area (Å²) in [5, 5.41) is 1.31. The van der Waals surface area contributed by atoms with Crippen molar-refractivity contribution in [2.45, 2.75) is 13.0 Å². The van der Waals surface area contributed by atoms with Gasteiger partial charge in [0.25, 0.3) is 11.5 Å². The summed E-state index contributed by atoms with van der Waals surface area (Å²) in [4.78, 5) is 28.8. The number of amides is 1. The van der Waals surface area contributed by atoms with E-state index in [-0.39, 0.29) is 28.1 Å². The van der Waals surface area contributed by atoms with E-state index in [2.05, 4.69) is 4.98 Å². The zero-order valence-corrected chi connectivity index (χ0v) is 14.5. The first-order valence-electron chi connectivity index (χ1n) is 7.72. The van der Waals surface area contributed by atoms with Crippen molar-refractivity contribution in [2.75, 3.05) is 7.05 Å². The van der Waals surface area contributed by atoms with E-state index in [1.807, 2.05) is 19.1 Å². The standard InChI is InChI=1S/C19H16ClFN2O2/c1-11(15-10-22-18(24)14-6-4-3-5-13(14)15)23(2)19(25)12-7-8-16(20)17(21)9-12/h3-11H,1-2H3,(H,22,24)/t11-/m1/s1. The van der Waals surface area contributed by atoms with Crippen LogP contribution in [0.25, 0.3) is 10.8 Å². The van der Waals surface area contributed by atoms with E-state index < -0.39 is 5.82 Å². The maximum absolute atomic E-state index is 13.6. The molecule has 0 saturated heterocycles. The molecule has 2 aromatic carbocycles. The van der Waals surface area contributed by atoms with Gasteiger partial charge in [-0.2, -0.15) is 0 Å². The fourth-order valence-electron chi connectivity index (χ4n) is 2.79. The summed E-state index contributed by atoms with van der Waals surface area (Å²) in [5.41, 5.74) is 0.839. The molecule has 6 heteroatoms. The summed E-state index contributed by atoms with van der Waals surface area (Å²) < 4.78 is 13.6. The fourth-order valence-corrected chi connectivity index (χ4v) is 2.91. The monoisotopic (exact) mass is 358 g/mol. The quantitative estimate of drug-likeness (QED) is 0.764. The molecule has 128 valence electrons. The highest BCUT2D eigenvalue weighted by Crippen LogP contribution is 2.26. The molecule has 0 aliphatic rings. The van der Waals surface area contributed by atoms with Crippen molar-refractivity contribution >= 4 is 28.3 Å². The highest BCUT2D eigenvalue weighted by Gasteiger charge is 2.21. The lowest BCUT2D eigenvalue weighted by Crippen LogP contribution is -2.30. The number of hydrogen-bond acceptors (Lipinski definition) is 2. The lowest BCUT2D eigenvalue weighted by Gasteiger charge is -2.26. The maximum Gasteiger partial charge on any atom is 0.255 e. The normalized spacial score (nSPS) is 12.2. The van der Waals surface area contributed by atoms with Crippen LogP contribution in [-0.2, 0) is 0 Å². The molecular weight excluding hydrogens is 343 g/mol. The van der Waals surface area contributed by atoms with Crippen molar-refractivity contribution in [1.82, 2.24) is 9.88 Å². The molecule has 0 aliphatic heterocycles. The molecule has 0 unspecified atom stereocenters. The number of aromatic nitrogens is 1. The number of hydrogen-bond donors (Lipinski definition) is 1. The molecular formula is C19H16ClFN2O2. The molecule has 1 N–H and O–H groups in total. The number of nitrogens with zero attached hydrogens (tertiary/aromatic N) is 1. The van der Waals surface area contributed by atoms with Crippen LogP contribution in [0.4, 0.5) is 4.39 Å². The summed E-state index contributed by atoms with van der Waals surface area (Å²) in [6.45, 7) is 1.85. The highest BCUT2D eigenvalue weighted by atomic mass is 35.5. The molecule has 3 aromatic rings. The number of carbonyl (C=O) groups excluding carboxylic acids is 1. The van der Waals surface area contributed by atoms with Gasteiger partial charge < -0.3 is 9.88 Å². The molecule has 0 bridgehead atoms. The predicted octanol–water partition coefficient (Wildman–Crippen LogP) is 4.15. The molecule has 1 aromatic heterocycles. The third kappa shape index (κ3) is 3.15. The number of H-pyrrole nitrogens is 1. The SMILES string of the molecule is C[C@H](c1c[nH]c(=O)c2ccccc12)N(C)C(=O)c1ccc(Cl)c(F)c1. The Balaban J connectivity index is 1.99. The zero-order chi connectivity index (χ0) is 18.1. The van der Waals surface area contributed by atoms with E-state index in [0.717, 1.165) is 17.0 Å². The smallest absolute Gasteiger partial charge is 0.255 e. The predicted molar refractivity (Wildman–Crippen MR) is 96.5 cm³/mol. The van der Waals surface area contributed by atoms with Crippen LogP contribution in [0.3, 0.4) is 0 Å². The first-order chi connectivity index (χ1) is 11.9. The molecule has 4 nitrogen and oxygen atoms in total. The van der Waals surface area contributed by atoms with Crippen molar-refractivity contribution in [3.63, 3.8) is 0 Å². The molecule has 0 radical (unpaired) electrons. The Morgan fingerprint density at radius 2 is 1.88 bits per heavy atom. The van der Waals surface area contributed by atoms with Gasteiger partial charge in [-0.15, -0.1) is 0 Å². The fraction of sp³-hybridized carbons (Fsp3) is 0.158. The molecule has 1 heterocycles. The summed E-state index contributed by atoms with van der Waals surface area (Å²) in [6, 6.07) is 10.9. The number of carbonyl (C=O) groups is 1. The van der Waals surface area contributed by atoms with E-state index in [0.29, 0.717) is 5.39 Å². The number of nitrogens with one attached hydrogen (secondary N) is 1. The molecule has 1 amide bonds. The van der Waals surface area contributed by atoms with Crippen molar-refractivity contribution in [1.29, 1.82) is 0 Å². The second-order valence-corrected chi connectivity index (χ2v) is 6.25. The molecule has 0 saturated carbocycles. The lowest BCUT2D eigenvalue weighted by molar-refractivity contribution is 0.0743. The van der Waals surface area contributed by atoms with E-state index in [9.17, 15) is 14.0 Å². The van der Waals surface area contributed by atoms with Gasteiger partial charge >= 0.3 is 0 Å². The number of fused-ring (bicyclic) bond motifs is 1. The van der Waals surface area contributed by atoms with Gasteiger partial charge in [0, 0.05) is 24.2 Å². The number of aromatic amines is 1. The topological polar surface area (TPSA) is 53.2 Å². The van der Waals surface area contributed by atoms with E-state index in [1.54, 1.807) is 25.4 Å². The van der Waals surface area contributed by atoms with Crippen LogP contribution in [0.5, 0.6) is 0 Å². The van der Waals surface area contributed by atoms with Crippen molar-refractivity contribution in [3.05, 3.63) is 81.0 Å². The second-order valence-electron chi connectivity index (χ2n) is 5.84. The van der Waals surface area contributed by atoms with E-state index in [1.165, 1.54) is 17.0 Å². The molecule has 3 rings (SSSR count). The summed E-state index contributed by atoms with van der Waals surface area (Å²) in [6.07, 6.45) is 1.61. The minimum absolute atomic E-state index is 0.0288. The highest BCUT2D eigenvalue weighted by molar-refractivity contribution is 6.30. The second kappa shape index (κ2) is 6.69. The van der Waals surface area contributed by atoms with Gasteiger partial charge in [-0.05, 0) is 42.1 Å². The Bertz CT molecular complexity index is 1020. The van der Waals surface area contributed by atoms with Gasteiger partial charge in [0.2, 0.25) is 0 Å². The van der Waals surface area contributed by atoms with Crippen LogP contribution in [-0.4, -0.2) is 22.8 Å². The van der Waals surface area contributed by atoms with Crippen LogP contribution in [0.2, 0.25) is 5.02 Å². The van der Waals surface area contributed by atoms with Crippen molar-refractivity contribution in [3.8, 4) is 0 Å². The minimum atomic E-state index is -0.636. The van der Waals surface area contributed by atoms with Gasteiger partial charge in [-0.1, -0.05) is 29.8 Å². The van der Waals surface area contributed by atoms with Gasteiger partial charge in [-0.3, -0.25) is 9.59 Å². The van der Waals surface area contributed by atoms with Gasteiger partial charge in [0.05, 0.1) is 11.1 Å². The largest absolute Gasteiger partial charge is 0.335 e. The summed E-state index contributed by atoms with van der Waals surface area (Å²) in [7, 11) is 1.64. The molecule has 1 atom stereocenters. The van der Waals surface area contributed by atoms with Gasteiger partial charge in [0.1, 0.15) is 5.82 Å². The maximum atomic E-state index is 13.6.